The van der Waals surface area contributed by atoms with Gasteiger partial charge in [-0.15, -0.1) is 0 Å². The van der Waals surface area contributed by atoms with Gasteiger partial charge in [0, 0.05) is 23.2 Å². The lowest BCUT2D eigenvalue weighted by Gasteiger charge is -2.07. The van der Waals surface area contributed by atoms with Crippen molar-refractivity contribution in [3.05, 3.63) is 85.2 Å². The molecule has 0 unspecified atom stereocenters. The molecule has 0 saturated carbocycles. The van der Waals surface area contributed by atoms with Crippen molar-refractivity contribution >= 4 is 32.8 Å². The third kappa shape index (κ3) is 1.44. The molecule has 22 heavy (non-hydrogen) atoms. The van der Waals surface area contributed by atoms with Crippen molar-refractivity contribution < 1.29 is 0 Å². The van der Waals surface area contributed by atoms with E-state index in [0.29, 0.717) is 0 Å². The zero-order chi connectivity index (χ0) is 14.5. The van der Waals surface area contributed by atoms with Gasteiger partial charge in [-0.1, -0.05) is 42.5 Å². The van der Waals surface area contributed by atoms with Crippen LogP contribution in [0.4, 0.5) is 0 Å². The third-order valence-corrected chi connectivity index (χ3v) is 4.38. The molecule has 0 radical (unpaired) electrons. The van der Waals surface area contributed by atoms with Crippen molar-refractivity contribution in [3.63, 3.8) is 0 Å². The number of fused-ring (bicyclic) bond motifs is 8. The molecule has 5 rings (SSSR count). The molecule has 0 aliphatic rings. The van der Waals surface area contributed by atoms with Crippen LogP contribution in [-0.2, 0) is 0 Å². The van der Waals surface area contributed by atoms with E-state index >= 15 is 0 Å². The zero-order valence-electron chi connectivity index (χ0n) is 12.0. The van der Waals surface area contributed by atoms with Gasteiger partial charge in [0.25, 0.3) is 0 Å². The minimum atomic E-state index is 1.17. The Hall–Kier alpha value is -3.00. The van der Waals surface area contributed by atoms with Crippen LogP contribution in [0.3, 0.4) is 0 Å². The molecule has 3 heterocycles. The average Bonchev–Trinajstić information content (AvgIpc) is 3.22. The second-order valence-electron chi connectivity index (χ2n) is 5.56. The van der Waals surface area contributed by atoms with E-state index in [2.05, 4.69) is 94.0 Å². The second kappa shape index (κ2) is 4.25. The molecule has 0 fully saturated rings. The van der Waals surface area contributed by atoms with Crippen LogP contribution in [-0.4, -0.2) is 8.80 Å². The minimum absolute atomic E-state index is 1.17. The summed E-state index contributed by atoms with van der Waals surface area (Å²) in [6.07, 6.45) is 4.26. The lowest BCUT2D eigenvalue weighted by molar-refractivity contribution is 1.16. The fourth-order valence-corrected chi connectivity index (χ4v) is 3.42. The van der Waals surface area contributed by atoms with Crippen LogP contribution in [0.1, 0.15) is 0 Å². The lowest BCUT2D eigenvalue weighted by Crippen LogP contribution is -1.92. The van der Waals surface area contributed by atoms with Crippen LogP contribution < -0.4 is 0 Å². The maximum absolute atomic E-state index is 2.26. The molecule has 0 N–H and O–H groups in total. The van der Waals surface area contributed by atoms with E-state index in [1.165, 1.54) is 32.8 Å². The SMILES string of the molecule is c1ccc2c(c1)c1ccccc1n1cccc1n1cccc21. The van der Waals surface area contributed by atoms with Crippen molar-refractivity contribution in [2.24, 2.45) is 0 Å². The van der Waals surface area contributed by atoms with Crippen LogP contribution in [0.2, 0.25) is 0 Å². The summed E-state index contributed by atoms with van der Waals surface area (Å²) >= 11 is 0. The predicted octanol–water partition coefficient (Wildman–Crippen LogP) is 5.06. The summed E-state index contributed by atoms with van der Waals surface area (Å²) in [6, 6.07) is 25.8. The Balaban J connectivity index is 2.31. The van der Waals surface area contributed by atoms with Gasteiger partial charge < -0.3 is 8.80 Å². The Kier molecular flexibility index (Phi) is 2.25. The van der Waals surface area contributed by atoms with E-state index in [1.807, 2.05) is 0 Å². The molecule has 2 aromatic carbocycles. The minimum Gasteiger partial charge on any atom is -0.302 e. The molecule has 3 aromatic heterocycles. The summed E-state index contributed by atoms with van der Waals surface area (Å²) < 4.78 is 4.52. The first-order chi connectivity index (χ1) is 10.9. The molecule has 2 heteroatoms. The third-order valence-electron chi connectivity index (χ3n) is 4.38. The molecule has 0 atom stereocenters. The van der Waals surface area contributed by atoms with Crippen molar-refractivity contribution in [1.29, 1.82) is 0 Å². The van der Waals surface area contributed by atoms with E-state index in [0.717, 1.165) is 0 Å². The smallest absolute Gasteiger partial charge is 0.121 e. The van der Waals surface area contributed by atoms with Crippen LogP contribution in [0.25, 0.3) is 32.8 Å². The highest BCUT2D eigenvalue weighted by Crippen LogP contribution is 2.27. The van der Waals surface area contributed by atoms with Gasteiger partial charge >= 0.3 is 0 Å². The predicted molar refractivity (Wildman–Crippen MR) is 92.2 cm³/mol. The van der Waals surface area contributed by atoms with E-state index in [-0.39, 0.29) is 0 Å². The van der Waals surface area contributed by atoms with Crippen molar-refractivity contribution in [1.82, 2.24) is 8.80 Å². The molecule has 5 aromatic rings. The average molecular weight is 282 g/mol. The number of hydrogen-bond donors (Lipinski definition) is 0. The Morgan fingerprint density at radius 1 is 0.455 bits per heavy atom. The highest BCUT2D eigenvalue weighted by Gasteiger charge is 2.06. The molecule has 104 valence electrons. The standard InChI is InChI=1S/C20H14N2/c1-2-8-17-15(7-1)16-9-3-4-10-18(16)22-14-6-12-20(22)21-13-5-11-19(17)21/h1-14H. The first-order valence-electron chi connectivity index (χ1n) is 7.48. The Morgan fingerprint density at radius 2 is 0.955 bits per heavy atom. The maximum atomic E-state index is 2.26. The van der Waals surface area contributed by atoms with Crippen molar-refractivity contribution in [2.75, 3.05) is 0 Å². The van der Waals surface area contributed by atoms with Gasteiger partial charge in [0.1, 0.15) is 5.65 Å². The molecule has 0 aliphatic carbocycles. The van der Waals surface area contributed by atoms with Crippen LogP contribution in [0, 0.1) is 0 Å². The summed E-state index contributed by atoms with van der Waals surface area (Å²) in [5.74, 6) is 0. The van der Waals surface area contributed by atoms with Crippen LogP contribution in [0.15, 0.2) is 85.2 Å². The number of nitrogens with zero attached hydrogens (tertiary/aromatic N) is 2. The molecular weight excluding hydrogens is 268 g/mol. The molecular formula is C20H14N2. The monoisotopic (exact) mass is 282 g/mol. The van der Waals surface area contributed by atoms with Crippen molar-refractivity contribution in [2.45, 2.75) is 0 Å². The largest absolute Gasteiger partial charge is 0.302 e. The van der Waals surface area contributed by atoms with Crippen LogP contribution >= 0.6 is 0 Å². The molecule has 2 nitrogen and oxygen atoms in total. The number of rotatable bonds is 0. The summed E-state index contributed by atoms with van der Waals surface area (Å²) in [5, 5.41) is 3.81. The van der Waals surface area contributed by atoms with Gasteiger partial charge in [-0.3, -0.25) is 0 Å². The molecule has 0 spiro atoms. The molecule has 0 aliphatic heterocycles. The number of hydrogen-bond acceptors (Lipinski definition) is 0. The molecule has 0 amide bonds. The van der Waals surface area contributed by atoms with E-state index in [1.54, 1.807) is 0 Å². The van der Waals surface area contributed by atoms with Gasteiger partial charge in [-0.25, -0.2) is 0 Å². The highest BCUT2D eigenvalue weighted by molar-refractivity contribution is 6.10. The first-order valence-corrected chi connectivity index (χ1v) is 7.48. The lowest BCUT2D eigenvalue weighted by atomic mass is 10.1. The second-order valence-corrected chi connectivity index (χ2v) is 5.56. The first kappa shape index (κ1) is 11.6. The van der Waals surface area contributed by atoms with Gasteiger partial charge in [-0.2, -0.15) is 0 Å². The Labute approximate surface area is 127 Å². The van der Waals surface area contributed by atoms with Gasteiger partial charge in [0.2, 0.25) is 0 Å². The van der Waals surface area contributed by atoms with Crippen molar-refractivity contribution in [3.8, 4) is 0 Å². The zero-order valence-corrected chi connectivity index (χ0v) is 12.0. The van der Waals surface area contributed by atoms with Gasteiger partial charge in [0.05, 0.1) is 11.0 Å². The fraction of sp³-hybridized carbons (Fsp3) is 0. The molecule has 0 saturated heterocycles. The summed E-state index contributed by atoms with van der Waals surface area (Å²) in [6.45, 7) is 0. The quantitative estimate of drug-likeness (QED) is 0.375. The topological polar surface area (TPSA) is 8.82 Å². The van der Waals surface area contributed by atoms with Crippen LogP contribution in [0.5, 0.6) is 0 Å². The highest BCUT2D eigenvalue weighted by atomic mass is 15.0. The summed E-state index contributed by atoms with van der Waals surface area (Å²) in [7, 11) is 0. The Bertz CT molecular complexity index is 1080. The van der Waals surface area contributed by atoms with Gasteiger partial charge in [0.15, 0.2) is 0 Å². The Morgan fingerprint density at radius 3 is 1.64 bits per heavy atom. The number of benzene rings is 2. The number of para-hydroxylation sites is 1. The molecule has 0 bridgehead atoms. The summed E-state index contributed by atoms with van der Waals surface area (Å²) in [5.41, 5.74) is 3.61. The van der Waals surface area contributed by atoms with E-state index in [4.69, 9.17) is 0 Å². The maximum Gasteiger partial charge on any atom is 0.121 e. The van der Waals surface area contributed by atoms with E-state index < -0.39 is 0 Å². The fourth-order valence-electron chi connectivity index (χ4n) is 3.42. The van der Waals surface area contributed by atoms with E-state index in [9.17, 15) is 0 Å². The summed E-state index contributed by atoms with van der Waals surface area (Å²) in [4.78, 5) is 0. The number of aromatic nitrogens is 2. The van der Waals surface area contributed by atoms with Gasteiger partial charge in [-0.05, 0) is 35.7 Å². The normalized spacial score (nSPS) is 11.6.